The van der Waals surface area contributed by atoms with E-state index in [4.69, 9.17) is 9.72 Å². The second-order valence-corrected chi connectivity index (χ2v) is 6.96. The minimum absolute atomic E-state index is 0.0801. The summed E-state index contributed by atoms with van der Waals surface area (Å²) >= 11 is 0. The predicted molar refractivity (Wildman–Crippen MR) is 115 cm³/mol. The predicted octanol–water partition coefficient (Wildman–Crippen LogP) is 5.34. The van der Waals surface area contributed by atoms with Crippen LogP contribution in [0, 0.1) is 0 Å². The molecule has 0 aliphatic heterocycles. The van der Waals surface area contributed by atoms with Crippen LogP contribution in [0.25, 0.3) is 22.2 Å². The molecule has 0 aliphatic rings. The number of hydrogen-bond acceptors (Lipinski definition) is 4. The fourth-order valence-corrected chi connectivity index (χ4v) is 3.15. The summed E-state index contributed by atoms with van der Waals surface area (Å²) in [5.41, 5.74) is 3.64. The fourth-order valence-electron chi connectivity index (χ4n) is 3.15. The molecule has 0 aliphatic carbocycles. The Bertz CT molecular complexity index is 1160. The molecule has 0 atom stereocenters. The summed E-state index contributed by atoms with van der Waals surface area (Å²) in [5, 5.41) is 3.74. The zero-order valence-corrected chi connectivity index (χ0v) is 16.3. The SMILES string of the molecule is CC(C)Oc1cccc(-c2cc(C(=O)Nc3ccncc3)c3ccccc3n2)c1. The van der Waals surface area contributed by atoms with Gasteiger partial charge < -0.3 is 10.1 Å². The van der Waals surface area contributed by atoms with E-state index in [1.807, 2.05) is 68.4 Å². The van der Waals surface area contributed by atoms with E-state index < -0.39 is 0 Å². The van der Waals surface area contributed by atoms with E-state index in [9.17, 15) is 4.79 Å². The van der Waals surface area contributed by atoms with E-state index in [0.717, 1.165) is 27.9 Å². The van der Waals surface area contributed by atoms with Crippen LogP contribution in [0.5, 0.6) is 5.75 Å². The van der Waals surface area contributed by atoms with E-state index >= 15 is 0 Å². The third kappa shape index (κ3) is 4.24. The molecule has 4 rings (SSSR count). The Labute approximate surface area is 169 Å². The first-order chi connectivity index (χ1) is 14.1. The number of nitrogens with zero attached hydrogens (tertiary/aromatic N) is 2. The van der Waals surface area contributed by atoms with Crippen LogP contribution < -0.4 is 10.1 Å². The van der Waals surface area contributed by atoms with Crippen molar-refractivity contribution in [2.45, 2.75) is 20.0 Å². The van der Waals surface area contributed by atoms with E-state index in [1.54, 1.807) is 24.5 Å². The zero-order valence-electron chi connectivity index (χ0n) is 16.3. The van der Waals surface area contributed by atoms with Gasteiger partial charge in [-0.2, -0.15) is 0 Å². The highest BCUT2D eigenvalue weighted by Crippen LogP contribution is 2.28. The summed E-state index contributed by atoms with van der Waals surface area (Å²) in [6, 6.07) is 20.8. The van der Waals surface area contributed by atoms with Gasteiger partial charge in [0.25, 0.3) is 5.91 Å². The summed E-state index contributed by atoms with van der Waals surface area (Å²) in [5.74, 6) is 0.584. The summed E-state index contributed by atoms with van der Waals surface area (Å²) in [6.45, 7) is 3.98. The number of carbonyl (C=O) groups is 1. The number of carbonyl (C=O) groups excluding carboxylic acids is 1. The molecule has 0 radical (unpaired) electrons. The molecule has 0 saturated carbocycles. The monoisotopic (exact) mass is 383 g/mol. The molecular weight excluding hydrogens is 362 g/mol. The molecule has 1 N–H and O–H groups in total. The molecule has 0 bridgehead atoms. The van der Waals surface area contributed by atoms with Gasteiger partial charge in [0.05, 0.1) is 22.9 Å². The number of hydrogen-bond donors (Lipinski definition) is 1. The van der Waals surface area contributed by atoms with Gasteiger partial charge in [-0.25, -0.2) is 4.98 Å². The highest BCUT2D eigenvalue weighted by Gasteiger charge is 2.14. The Hall–Kier alpha value is -3.73. The first-order valence-electron chi connectivity index (χ1n) is 9.48. The number of ether oxygens (including phenoxy) is 1. The second kappa shape index (κ2) is 8.10. The molecule has 0 unspecified atom stereocenters. The average Bonchev–Trinajstić information content (AvgIpc) is 2.73. The third-order valence-corrected chi connectivity index (χ3v) is 4.40. The minimum atomic E-state index is -0.189. The molecule has 0 spiro atoms. The van der Waals surface area contributed by atoms with Crippen LogP contribution in [-0.2, 0) is 0 Å². The van der Waals surface area contributed by atoms with Gasteiger partial charge in [-0.1, -0.05) is 30.3 Å². The lowest BCUT2D eigenvalue weighted by molar-refractivity contribution is 0.102. The van der Waals surface area contributed by atoms with Gasteiger partial charge in [-0.05, 0) is 50.2 Å². The van der Waals surface area contributed by atoms with Crippen LogP contribution in [0.3, 0.4) is 0 Å². The number of rotatable bonds is 5. The second-order valence-electron chi connectivity index (χ2n) is 6.96. The number of para-hydroxylation sites is 1. The summed E-state index contributed by atoms with van der Waals surface area (Å²) in [6.07, 6.45) is 3.37. The first kappa shape index (κ1) is 18.6. The molecule has 29 heavy (non-hydrogen) atoms. The maximum atomic E-state index is 13.0. The van der Waals surface area contributed by atoms with Crippen molar-refractivity contribution in [1.29, 1.82) is 0 Å². The van der Waals surface area contributed by atoms with Crippen molar-refractivity contribution in [1.82, 2.24) is 9.97 Å². The van der Waals surface area contributed by atoms with Crippen LogP contribution in [0.1, 0.15) is 24.2 Å². The van der Waals surface area contributed by atoms with Crippen LogP contribution >= 0.6 is 0 Å². The van der Waals surface area contributed by atoms with Crippen LogP contribution in [-0.4, -0.2) is 22.0 Å². The number of nitrogens with one attached hydrogen (secondary N) is 1. The van der Waals surface area contributed by atoms with Gasteiger partial charge in [0.1, 0.15) is 5.75 Å². The standard InChI is InChI=1S/C24H21N3O2/c1-16(2)29-19-7-5-6-17(14-19)23-15-21(20-8-3-4-9-22(20)27-23)24(28)26-18-10-12-25-13-11-18/h3-16H,1-2H3,(H,25,26,28). The van der Waals surface area contributed by atoms with Gasteiger partial charge in [0.15, 0.2) is 0 Å². The molecule has 2 aromatic heterocycles. The van der Waals surface area contributed by atoms with Crippen molar-refractivity contribution >= 4 is 22.5 Å². The Morgan fingerprint density at radius 2 is 1.76 bits per heavy atom. The molecule has 5 nitrogen and oxygen atoms in total. The summed E-state index contributed by atoms with van der Waals surface area (Å²) < 4.78 is 5.81. The lowest BCUT2D eigenvalue weighted by Crippen LogP contribution is -2.13. The van der Waals surface area contributed by atoms with Crippen molar-refractivity contribution in [2.75, 3.05) is 5.32 Å². The maximum absolute atomic E-state index is 13.0. The maximum Gasteiger partial charge on any atom is 0.256 e. The minimum Gasteiger partial charge on any atom is -0.491 e. The number of fused-ring (bicyclic) bond motifs is 1. The molecule has 5 heteroatoms. The number of amides is 1. The lowest BCUT2D eigenvalue weighted by atomic mass is 10.0. The number of pyridine rings is 2. The third-order valence-electron chi connectivity index (χ3n) is 4.40. The highest BCUT2D eigenvalue weighted by atomic mass is 16.5. The van der Waals surface area contributed by atoms with Gasteiger partial charge in [0, 0.05) is 29.0 Å². The van der Waals surface area contributed by atoms with E-state index in [-0.39, 0.29) is 12.0 Å². The lowest BCUT2D eigenvalue weighted by Gasteiger charge is -2.13. The molecule has 2 aromatic carbocycles. The van der Waals surface area contributed by atoms with E-state index in [0.29, 0.717) is 11.3 Å². The Morgan fingerprint density at radius 3 is 2.55 bits per heavy atom. The Balaban J connectivity index is 1.78. The topological polar surface area (TPSA) is 64.1 Å². The van der Waals surface area contributed by atoms with Crippen molar-refractivity contribution in [2.24, 2.45) is 0 Å². The van der Waals surface area contributed by atoms with Crippen molar-refractivity contribution < 1.29 is 9.53 Å². The molecule has 2 heterocycles. The average molecular weight is 383 g/mol. The molecular formula is C24H21N3O2. The van der Waals surface area contributed by atoms with Crippen molar-refractivity contribution in [3.05, 3.63) is 84.7 Å². The van der Waals surface area contributed by atoms with Crippen molar-refractivity contribution in [3.8, 4) is 17.0 Å². The van der Waals surface area contributed by atoms with E-state index in [2.05, 4.69) is 10.3 Å². The number of aromatic nitrogens is 2. The molecule has 0 saturated heterocycles. The number of benzene rings is 2. The largest absolute Gasteiger partial charge is 0.491 e. The van der Waals surface area contributed by atoms with Crippen LogP contribution in [0.15, 0.2) is 79.1 Å². The van der Waals surface area contributed by atoms with Gasteiger partial charge in [0.2, 0.25) is 0 Å². The Morgan fingerprint density at radius 1 is 0.966 bits per heavy atom. The van der Waals surface area contributed by atoms with Crippen LogP contribution in [0.4, 0.5) is 5.69 Å². The summed E-state index contributed by atoms with van der Waals surface area (Å²) in [7, 11) is 0. The van der Waals surface area contributed by atoms with Gasteiger partial charge in [-0.3, -0.25) is 9.78 Å². The zero-order chi connectivity index (χ0) is 20.2. The summed E-state index contributed by atoms with van der Waals surface area (Å²) in [4.78, 5) is 21.8. The van der Waals surface area contributed by atoms with E-state index in [1.165, 1.54) is 0 Å². The Kier molecular flexibility index (Phi) is 5.20. The smallest absolute Gasteiger partial charge is 0.256 e. The first-order valence-corrected chi connectivity index (χ1v) is 9.48. The molecule has 0 fully saturated rings. The van der Waals surface area contributed by atoms with Crippen LogP contribution in [0.2, 0.25) is 0 Å². The normalized spacial score (nSPS) is 10.9. The number of anilines is 1. The van der Waals surface area contributed by atoms with Gasteiger partial charge >= 0.3 is 0 Å². The fraction of sp³-hybridized carbons (Fsp3) is 0.125. The highest BCUT2D eigenvalue weighted by molar-refractivity contribution is 6.13. The quantitative estimate of drug-likeness (QED) is 0.505. The van der Waals surface area contributed by atoms with Gasteiger partial charge in [-0.15, -0.1) is 0 Å². The van der Waals surface area contributed by atoms with Crippen molar-refractivity contribution in [3.63, 3.8) is 0 Å². The molecule has 1 amide bonds. The molecule has 144 valence electrons. The molecule has 4 aromatic rings.